The van der Waals surface area contributed by atoms with Gasteiger partial charge in [0.2, 0.25) is 0 Å². The number of benzene rings is 1. The van der Waals surface area contributed by atoms with Crippen molar-refractivity contribution in [3.05, 3.63) is 74.1 Å². The molecule has 0 atom stereocenters. The number of hydrogen-bond donors (Lipinski definition) is 2. The van der Waals surface area contributed by atoms with E-state index in [1.54, 1.807) is 12.1 Å². The molecule has 0 aliphatic carbocycles. The number of aromatic amines is 2. The molecule has 0 aliphatic heterocycles. The topological polar surface area (TPSA) is 78.6 Å². The summed E-state index contributed by atoms with van der Waals surface area (Å²) in [6.45, 7) is 6.54. The highest BCUT2D eigenvalue weighted by molar-refractivity contribution is 5.76. The zero-order chi connectivity index (χ0) is 17.3. The minimum atomic E-state index is -0.531. The molecule has 3 rings (SSSR count). The lowest BCUT2D eigenvalue weighted by Crippen LogP contribution is -2.22. The molecule has 0 saturated heterocycles. The third-order valence-corrected chi connectivity index (χ3v) is 3.83. The normalized spacial score (nSPS) is 12.1. The Bertz CT molecular complexity index is 1020. The fraction of sp³-hybridized carbons (Fsp3) is 0.211. The first-order chi connectivity index (χ1) is 11.3. The van der Waals surface area contributed by atoms with Crippen molar-refractivity contribution >= 4 is 23.2 Å². The molecule has 24 heavy (non-hydrogen) atoms. The lowest BCUT2D eigenvalue weighted by atomic mass is 9.87. The van der Waals surface area contributed by atoms with Crippen molar-refractivity contribution < 1.29 is 0 Å². The number of H-pyrrole nitrogens is 2. The van der Waals surface area contributed by atoms with E-state index in [4.69, 9.17) is 0 Å². The number of fused-ring (bicyclic) bond motifs is 1. The predicted molar refractivity (Wildman–Crippen MR) is 97.1 cm³/mol. The van der Waals surface area contributed by atoms with E-state index in [0.717, 1.165) is 5.56 Å². The molecular weight excluding hydrogens is 302 g/mol. The summed E-state index contributed by atoms with van der Waals surface area (Å²) in [5, 5.41) is 0. The van der Waals surface area contributed by atoms with E-state index in [2.05, 4.69) is 60.0 Å². The van der Waals surface area contributed by atoms with Gasteiger partial charge in [-0.05, 0) is 34.8 Å². The van der Waals surface area contributed by atoms with Gasteiger partial charge in [-0.1, -0.05) is 51.1 Å². The fourth-order valence-corrected chi connectivity index (χ4v) is 2.43. The number of rotatable bonds is 2. The average molecular weight is 321 g/mol. The van der Waals surface area contributed by atoms with Crippen LogP contribution >= 0.6 is 0 Å². The molecule has 3 aromatic rings. The van der Waals surface area contributed by atoms with Gasteiger partial charge in [0.25, 0.3) is 5.56 Å². The maximum atomic E-state index is 11.8. The number of pyridine rings is 1. The Labute approximate surface area is 139 Å². The zero-order valence-corrected chi connectivity index (χ0v) is 13.9. The number of hydrogen-bond acceptors (Lipinski definition) is 3. The van der Waals surface area contributed by atoms with Crippen LogP contribution in [0.2, 0.25) is 0 Å². The lowest BCUT2D eigenvalue weighted by molar-refractivity contribution is 0.590. The second kappa shape index (κ2) is 5.92. The second-order valence-corrected chi connectivity index (χ2v) is 6.75. The van der Waals surface area contributed by atoms with Crippen molar-refractivity contribution in [3.8, 4) is 0 Å². The van der Waals surface area contributed by atoms with Gasteiger partial charge in [-0.2, -0.15) is 0 Å². The van der Waals surface area contributed by atoms with E-state index in [-0.39, 0.29) is 10.9 Å². The van der Waals surface area contributed by atoms with E-state index in [1.165, 1.54) is 5.56 Å². The van der Waals surface area contributed by atoms with Gasteiger partial charge < -0.3 is 4.98 Å². The molecule has 0 bridgehead atoms. The minimum Gasteiger partial charge on any atom is -0.305 e. The van der Waals surface area contributed by atoms with Crippen molar-refractivity contribution in [2.24, 2.45) is 0 Å². The fourth-order valence-electron chi connectivity index (χ4n) is 2.43. The van der Waals surface area contributed by atoms with E-state index in [1.807, 2.05) is 12.2 Å². The van der Waals surface area contributed by atoms with Crippen LogP contribution in [0.1, 0.15) is 37.6 Å². The third kappa shape index (κ3) is 3.35. The Hall–Kier alpha value is -2.95. The number of nitrogens with one attached hydrogen (secondary N) is 2. The summed E-state index contributed by atoms with van der Waals surface area (Å²) in [5.74, 6) is 0. The van der Waals surface area contributed by atoms with Crippen molar-refractivity contribution in [1.29, 1.82) is 0 Å². The van der Waals surface area contributed by atoms with Gasteiger partial charge in [0.15, 0.2) is 5.52 Å². The number of nitrogens with zero attached hydrogens (tertiary/aromatic N) is 1. The SMILES string of the molecule is CC(C)(C)c1ccc(/C=C/c2ccc3[nH]c(=O)[nH]c(=O)c3n2)cc1. The molecule has 2 heterocycles. The summed E-state index contributed by atoms with van der Waals surface area (Å²) in [6, 6.07) is 11.8. The first-order valence-corrected chi connectivity index (χ1v) is 7.75. The number of aromatic nitrogens is 3. The van der Waals surface area contributed by atoms with Crippen molar-refractivity contribution in [2.75, 3.05) is 0 Å². The Morgan fingerprint density at radius 2 is 1.62 bits per heavy atom. The highest BCUT2D eigenvalue weighted by Crippen LogP contribution is 2.22. The van der Waals surface area contributed by atoms with Crippen LogP contribution in [-0.2, 0) is 5.41 Å². The van der Waals surface area contributed by atoms with Gasteiger partial charge in [0, 0.05) is 0 Å². The highest BCUT2D eigenvalue weighted by atomic mass is 16.2. The van der Waals surface area contributed by atoms with Gasteiger partial charge in [-0.3, -0.25) is 9.78 Å². The first kappa shape index (κ1) is 15.9. The summed E-state index contributed by atoms with van der Waals surface area (Å²) in [6.07, 6.45) is 3.79. The molecule has 2 aromatic heterocycles. The first-order valence-electron chi connectivity index (χ1n) is 7.75. The molecule has 1 aromatic carbocycles. The minimum absolute atomic E-state index is 0.125. The lowest BCUT2D eigenvalue weighted by Gasteiger charge is -2.18. The molecule has 0 radical (unpaired) electrons. The van der Waals surface area contributed by atoms with Crippen LogP contribution in [0.25, 0.3) is 23.2 Å². The zero-order valence-electron chi connectivity index (χ0n) is 13.9. The molecule has 2 N–H and O–H groups in total. The van der Waals surface area contributed by atoms with Crippen molar-refractivity contribution in [1.82, 2.24) is 15.0 Å². The standard InChI is InChI=1S/C19H19N3O2/c1-19(2,3)13-7-4-12(5-8-13)6-9-14-10-11-15-16(20-14)17(23)22-18(24)21-15/h4-11H,1-3H3,(H2,21,22,23,24)/b9-6+. The van der Waals surface area contributed by atoms with Crippen LogP contribution in [0.15, 0.2) is 46.0 Å². The summed E-state index contributed by atoms with van der Waals surface area (Å²) >= 11 is 0. The van der Waals surface area contributed by atoms with Gasteiger partial charge in [-0.25, -0.2) is 9.78 Å². The summed E-state index contributed by atoms with van der Waals surface area (Å²) in [7, 11) is 0. The Kier molecular flexibility index (Phi) is 3.93. The van der Waals surface area contributed by atoms with Crippen LogP contribution < -0.4 is 11.2 Å². The van der Waals surface area contributed by atoms with E-state index >= 15 is 0 Å². The average Bonchev–Trinajstić information content (AvgIpc) is 2.52. The summed E-state index contributed by atoms with van der Waals surface area (Å²) in [4.78, 5) is 32.1. The van der Waals surface area contributed by atoms with Crippen LogP contribution in [0.4, 0.5) is 0 Å². The molecule has 0 spiro atoms. The Balaban J connectivity index is 1.90. The van der Waals surface area contributed by atoms with E-state index < -0.39 is 11.2 Å². The maximum Gasteiger partial charge on any atom is 0.326 e. The molecule has 5 heteroatoms. The highest BCUT2D eigenvalue weighted by Gasteiger charge is 2.12. The molecular formula is C19H19N3O2. The van der Waals surface area contributed by atoms with Crippen molar-refractivity contribution in [3.63, 3.8) is 0 Å². The smallest absolute Gasteiger partial charge is 0.305 e. The molecule has 5 nitrogen and oxygen atoms in total. The largest absolute Gasteiger partial charge is 0.326 e. The van der Waals surface area contributed by atoms with Gasteiger partial charge in [-0.15, -0.1) is 0 Å². The van der Waals surface area contributed by atoms with Crippen LogP contribution in [0.5, 0.6) is 0 Å². The molecule has 0 aliphatic rings. The van der Waals surface area contributed by atoms with E-state index in [0.29, 0.717) is 11.2 Å². The van der Waals surface area contributed by atoms with Gasteiger partial charge in [0.1, 0.15) is 0 Å². The molecule has 122 valence electrons. The Morgan fingerprint density at radius 3 is 2.29 bits per heavy atom. The van der Waals surface area contributed by atoms with Crippen LogP contribution in [-0.4, -0.2) is 15.0 Å². The molecule has 0 unspecified atom stereocenters. The van der Waals surface area contributed by atoms with Crippen LogP contribution in [0.3, 0.4) is 0 Å². The maximum absolute atomic E-state index is 11.8. The predicted octanol–water partition coefficient (Wildman–Crippen LogP) is 3.08. The van der Waals surface area contributed by atoms with E-state index in [9.17, 15) is 9.59 Å². The Morgan fingerprint density at radius 1 is 0.917 bits per heavy atom. The summed E-state index contributed by atoms with van der Waals surface area (Å²) < 4.78 is 0. The molecule has 0 amide bonds. The molecule has 0 saturated carbocycles. The van der Waals surface area contributed by atoms with Crippen LogP contribution in [0, 0.1) is 0 Å². The van der Waals surface area contributed by atoms with Gasteiger partial charge in [0.05, 0.1) is 11.2 Å². The molecule has 0 fully saturated rings. The monoisotopic (exact) mass is 321 g/mol. The van der Waals surface area contributed by atoms with Gasteiger partial charge >= 0.3 is 5.69 Å². The quantitative estimate of drug-likeness (QED) is 0.761. The third-order valence-electron chi connectivity index (χ3n) is 3.83. The van der Waals surface area contributed by atoms with Crippen molar-refractivity contribution in [2.45, 2.75) is 26.2 Å². The summed E-state index contributed by atoms with van der Waals surface area (Å²) in [5.41, 5.74) is 2.74. The second-order valence-electron chi connectivity index (χ2n) is 6.75.